The number of nitrogens with zero attached hydrogens (tertiary/aromatic N) is 2. The second-order valence-electron chi connectivity index (χ2n) is 5.46. The minimum absolute atomic E-state index is 0.0377. The number of nitrogen functional groups attached to an aromatic ring is 1. The molecule has 3 heterocycles. The van der Waals surface area contributed by atoms with Gasteiger partial charge >= 0.3 is 4.87 Å². The Morgan fingerprint density at radius 3 is 2.95 bits per heavy atom. The third-order valence-corrected chi connectivity index (χ3v) is 6.00. The summed E-state index contributed by atoms with van der Waals surface area (Å²) in [7, 11) is 0. The summed E-state index contributed by atoms with van der Waals surface area (Å²) in [4.78, 5) is 30.2. The maximum absolute atomic E-state index is 12.2. The number of thiazole rings is 1. The van der Waals surface area contributed by atoms with Gasteiger partial charge in [0.2, 0.25) is 5.95 Å². The van der Waals surface area contributed by atoms with Crippen LogP contribution in [0.4, 0.5) is 5.95 Å². The van der Waals surface area contributed by atoms with Crippen LogP contribution in [0.15, 0.2) is 9.59 Å². The SMILES string of the molecule is Nc1nc2c(sc(=O)n2C2CS[C@@H](C(O)C3CC3)O2)c(=O)[nH]1. The summed E-state index contributed by atoms with van der Waals surface area (Å²) in [5.74, 6) is 0.780. The molecule has 2 aliphatic rings. The highest BCUT2D eigenvalue weighted by Crippen LogP contribution is 2.42. The van der Waals surface area contributed by atoms with E-state index in [9.17, 15) is 14.7 Å². The van der Waals surface area contributed by atoms with Gasteiger partial charge < -0.3 is 15.6 Å². The van der Waals surface area contributed by atoms with Crippen molar-refractivity contribution in [1.82, 2.24) is 14.5 Å². The first-order valence-corrected chi connectivity index (χ1v) is 8.77. The van der Waals surface area contributed by atoms with Crippen molar-refractivity contribution in [2.75, 3.05) is 11.5 Å². The van der Waals surface area contributed by atoms with Crippen molar-refractivity contribution in [2.45, 2.75) is 30.6 Å². The molecule has 2 aromatic heterocycles. The minimum atomic E-state index is -0.543. The largest absolute Gasteiger partial charge is 0.389 e. The third kappa shape index (κ3) is 2.26. The number of hydrogen-bond acceptors (Lipinski definition) is 8. The van der Waals surface area contributed by atoms with Crippen molar-refractivity contribution in [3.05, 3.63) is 20.0 Å². The smallest absolute Gasteiger partial charge is 0.311 e. The van der Waals surface area contributed by atoms with Crippen molar-refractivity contribution in [3.8, 4) is 0 Å². The van der Waals surface area contributed by atoms with Gasteiger partial charge in [0.05, 0.1) is 6.10 Å². The van der Waals surface area contributed by atoms with E-state index in [0.717, 1.165) is 24.2 Å². The average Bonchev–Trinajstić information content (AvgIpc) is 3.11. The van der Waals surface area contributed by atoms with Crippen LogP contribution in [0, 0.1) is 5.92 Å². The number of ether oxygens (including phenoxy) is 1. The predicted molar refractivity (Wildman–Crippen MR) is 84.0 cm³/mol. The summed E-state index contributed by atoms with van der Waals surface area (Å²) in [6, 6.07) is 0. The number of anilines is 1. The second kappa shape index (κ2) is 5.08. The number of aromatic amines is 1. The Bertz CT molecular complexity index is 840. The van der Waals surface area contributed by atoms with E-state index in [1.54, 1.807) is 0 Å². The monoisotopic (exact) mass is 342 g/mol. The quantitative estimate of drug-likeness (QED) is 0.722. The molecule has 2 aromatic rings. The number of thioether (sulfide) groups is 1. The van der Waals surface area contributed by atoms with Crippen molar-refractivity contribution in [3.63, 3.8) is 0 Å². The summed E-state index contributed by atoms with van der Waals surface area (Å²) in [5.41, 5.74) is 5.03. The van der Waals surface area contributed by atoms with Gasteiger partial charge in [0.1, 0.15) is 16.4 Å². The van der Waals surface area contributed by atoms with Gasteiger partial charge in [-0.15, -0.1) is 11.8 Å². The lowest BCUT2D eigenvalue weighted by Gasteiger charge is -2.18. The van der Waals surface area contributed by atoms with Crippen LogP contribution in [0.5, 0.6) is 0 Å². The number of aromatic nitrogens is 3. The van der Waals surface area contributed by atoms with E-state index < -0.39 is 17.9 Å². The summed E-state index contributed by atoms with van der Waals surface area (Å²) in [5, 5.41) is 10.2. The topological polar surface area (TPSA) is 123 Å². The highest BCUT2D eigenvalue weighted by atomic mass is 32.2. The highest BCUT2D eigenvalue weighted by molar-refractivity contribution is 8.00. The Labute approximate surface area is 132 Å². The van der Waals surface area contributed by atoms with Gasteiger partial charge in [0.25, 0.3) is 5.56 Å². The molecule has 3 atom stereocenters. The number of rotatable bonds is 3. The molecule has 0 spiro atoms. The number of hydrogen-bond donors (Lipinski definition) is 3. The normalized spacial score (nSPS) is 26.6. The van der Waals surface area contributed by atoms with Crippen molar-refractivity contribution in [2.24, 2.45) is 5.92 Å². The zero-order chi connectivity index (χ0) is 15.4. The molecule has 1 aliphatic carbocycles. The molecule has 0 radical (unpaired) electrons. The van der Waals surface area contributed by atoms with E-state index in [4.69, 9.17) is 10.5 Å². The van der Waals surface area contributed by atoms with Crippen molar-refractivity contribution < 1.29 is 9.84 Å². The summed E-state index contributed by atoms with van der Waals surface area (Å²) < 4.78 is 7.42. The number of fused-ring (bicyclic) bond motifs is 1. The summed E-state index contributed by atoms with van der Waals surface area (Å²) in [6.07, 6.45) is 0.970. The van der Waals surface area contributed by atoms with E-state index in [2.05, 4.69) is 9.97 Å². The van der Waals surface area contributed by atoms with Crippen LogP contribution in [0.1, 0.15) is 19.1 Å². The van der Waals surface area contributed by atoms with Crippen LogP contribution in [0.2, 0.25) is 0 Å². The molecular weight excluding hydrogens is 328 g/mol. The molecule has 2 unspecified atom stereocenters. The second-order valence-corrected chi connectivity index (χ2v) is 7.56. The van der Waals surface area contributed by atoms with E-state index in [0.29, 0.717) is 11.7 Å². The molecule has 0 amide bonds. The minimum Gasteiger partial charge on any atom is -0.389 e. The fourth-order valence-corrected chi connectivity index (χ4v) is 4.65. The van der Waals surface area contributed by atoms with Gasteiger partial charge in [-0.3, -0.25) is 19.1 Å². The molecule has 4 rings (SSSR count). The average molecular weight is 342 g/mol. The van der Waals surface area contributed by atoms with E-state index in [1.807, 2.05) is 0 Å². The Hall–Kier alpha value is -1.36. The van der Waals surface area contributed by atoms with Crippen LogP contribution in [-0.4, -0.2) is 36.9 Å². The van der Waals surface area contributed by atoms with Gasteiger partial charge in [-0.25, -0.2) is 0 Å². The Balaban J connectivity index is 1.71. The molecule has 4 N–H and O–H groups in total. The molecule has 0 bridgehead atoms. The Kier molecular flexibility index (Phi) is 3.29. The van der Waals surface area contributed by atoms with Crippen molar-refractivity contribution >= 4 is 39.4 Å². The molecule has 0 aromatic carbocycles. The Morgan fingerprint density at radius 1 is 1.45 bits per heavy atom. The molecule has 22 heavy (non-hydrogen) atoms. The maximum atomic E-state index is 12.2. The molecule has 10 heteroatoms. The molecule has 1 saturated heterocycles. The van der Waals surface area contributed by atoms with Crippen LogP contribution in [0.3, 0.4) is 0 Å². The lowest BCUT2D eigenvalue weighted by molar-refractivity contribution is -0.0440. The maximum Gasteiger partial charge on any atom is 0.311 e. The van der Waals surface area contributed by atoms with Gasteiger partial charge in [-0.2, -0.15) is 4.98 Å². The Morgan fingerprint density at radius 2 is 2.23 bits per heavy atom. The molecule has 8 nitrogen and oxygen atoms in total. The van der Waals surface area contributed by atoms with Gasteiger partial charge in [0, 0.05) is 5.75 Å². The number of aliphatic hydroxyl groups is 1. The molecular formula is C12H14N4O4S2. The first-order valence-electron chi connectivity index (χ1n) is 6.90. The first kappa shape index (κ1) is 14.2. The number of nitrogens with two attached hydrogens (primary N) is 1. The van der Waals surface area contributed by atoms with Gasteiger partial charge in [-0.05, 0) is 18.8 Å². The molecule has 118 valence electrons. The lowest BCUT2D eigenvalue weighted by atomic mass is 10.2. The zero-order valence-electron chi connectivity index (χ0n) is 11.4. The van der Waals surface area contributed by atoms with Crippen LogP contribution in [-0.2, 0) is 4.74 Å². The van der Waals surface area contributed by atoms with Crippen molar-refractivity contribution in [1.29, 1.82) is 0 Å². The zero-order valence-corrected chi connectivity index (χ0v) is 13.0. The van der Waals surface area contributed by atoms with Crippen LogP contribution in [0.25, 0.3) is 10.3 Å². The van der Waals surface area contributed by atoms with Crippen LogP contribution >= 0.6 is 23.1 Å². The molecule has 1 aliphatic heterocycles. The fraction of sp³-hybridized carbons (Fsp3) is 0.583. The van der Waals surface area contributed by atoms with Gasteiger partial charge in [0.15, 0.2) is 5.65 Å². The lowest BCUT2D eigenvalue weighted by Crippen LogP contribution is -2.28. The van der Waals surface area contributed by atoms with Crippen LogP contribution < -0.4 is 16.2 Å². The predicted octanol–water partition coefficient (Wildman–Crippen LogP) is 0.0875. The van der Waals surface area contributed by atoms with E-state index in [1.165, 1.54) is 16.3 Å². The standard InChI is InChI=1S/C12H14N4O4S2/c13-11-14-8-7(9(18)15-11)22-12(19)16(8)5-3-21-10(20-5)6(17)4-1-2-4/h4-6,10,17H,1-3H2,(H3,13,14,15,18)/t5?,6?,10-/m0/s1. The first-order chi connectivity index (χ1) is 10.5. The van der Waals surface area contributed by atoms with E-state index in [-0.39, 0.29) is 26.6 Å². The molecule has 2 fully saturated rings. The summed E-state index contributed by atoms with van der Waals surface area (Å²) in [6.45, 7) is 0. The number of aliphatic hydroxyl groups excluding tert-OH is 1. The van der Waals surface area contributed by atoms with Gasteiger partial charge in [-0.1, -0.05) is 11.3 Å². The number of H-pyrrole nitrogens is 1. The molecule has 1 saturated carbocycles. The fourth-order valence-electron chi connectivity index (χ4n) is 2.58. The summed E-state index contributed by atoms with van der Waals surface area (Å²) >= 11 is 2.30. The van der Waals surface area contributed by atoms with E-state index >= 15 is 0 Å². The number of nitrogens with one attached hydrogen (secondary N) is 1. The highest BCUT2D eigenvalue weighted by Gasteiger charge is 2.41. The third-order valence-electron chi connectivity index (χ3n) is 3.86.